The second-order valence-corrected chi connectivity index (χ2v) is 8.57. The van der Waals surface area contributed by atoms with Crippen molar-refractivity contribution in [2.75, 3.05) is 26.2 Å². The number of amides is 2. The fourth-order valence-corrected chi connectivity index (χ4v) is 4.09. The molecule has 1 saturated heterocycles. The highest BCUT2D eigenvalue weighted by Gasteiger charge is 2.25. The molecular weight excluding hydrogens is 470 g/mol. The zero-order chi connectivity index (χ0) is 22.3. The van der Waals surface area contributed by atoms with Crippen LogP contribution in [0, 0.1) is 0 Å². The minimum absolute atomic E-state index is 0.0442. The first-order valence-corrected chi connectivity index (χ1v) is 11.3. The van der Waals surface area contributed by atoms with Gasteiger partial charge in [-0.2, -0.15) is 0 Å². The van der Waals surface area contributed by atoms with Crippen molar-refractivity contribution in [3.8, 4) is 5.75 Å². The topological polar surface area (TPSA) is 62.7 Å². The Balaban J connectivity index is 1.31. The Labute approximate surface area is 196 Å². The molecule has 0 N–H and O–H groups in total. The summed E-state index contributed by atoms with van der Waals surface area (Å²) in [6, 6.07) is 18.9. The maximum atomic E-state index is 13.0. The molecule has 1 fully saturated rings. The first-order chi connectivity index (χ1) is 15.6. The van der Waals surface area contributed by atoms with Crippen LogP contribution >= 0.6 is 15.9 Å². The van der Waals surface area contributed by atoms with Crippen molar-refractivity contribution in [3.05, 3.63) is 94.2 Å². The predicted octanol–water partition coefficient (Wildman–Crippen LogP) is 3.95. The van der Waals surface area contributed by atoms with E-state index in [0.29, 0.717) is 50.5 Å². The van der Waals surface area contributed by atoms with Crippen LogP contribution in [0.2, 0.25) is 0 Å². The van der Waals surface area contributed by atoms with Gasteiger partial charge in [0.1, 0.15) is 12.4 Å². The number of nitrogens with zero attached hydrogens (tertiary/aromatic N) is 3. The molecule has 1 aliphatic rings. The molecule has 0 saturated carbocycles. The van der Waals surface area contributed by atoms with Crippen molar-refractivity contribution in [2.45, 2.75) is 13.0 Å². The summed E-state index contributed by atoms with van der Waals surface area (Å²) in [6.07, 6.45) is 3.74. The summed E-state index contributed by atoms with van der Waals surface area (Å²) in [4.78, 5) is 33.2. The molecule has 0 bridgehead atoms. The molecule has 2 heterocycles. The standard InChI is InChI=1S/C25H24BrN3O3/c26-22-7-1-4-20(14-22)18-32-23-8-2-6-21(16-23)25(31)29-12-10-28(11-13-29)24(30)15-19-5-3-9-27-17-19/h1-9,14,16-17H,10-13,15,18H2. The van der Waals surface area contributed by atoms with Gasteiger partial charge in [-0.05, 0) is 47.5 Å². The van der Waals surface area contributed by atoms with Gasteiger partial charge < -0.3 is 14.5 Å². The van der Waals surface area contributed by atoms with Crippen LogP contribution in [-0.4, -0.2) is 52.8 Å². The first kappa shape index (κ1) is 22.0. The highest BCUT2D eigenvalue weighted by atomic mass is 79.9. The van der Waals surface area contributed by atoms with Crippen LogP contribution in [0.1, 0.15) is 21.5 Å². The van der Waals surface area contributed by atoms with Gasteiger partial charge in [-0.1, -0.05) is 40.2 Å². The Kier molecular flexibility index (Phi) is 7.17. The lowest BCUT2D eigenvalue weighted by molar-refractivity contribution is -0.131. The number of pyridine rings is 1. The lowest BCUT2D eigenvalue weighted by Gasteiger charge is -2.35. The molecule has 2 amide bonds. The van der Waals surface area contributed by atoms with Gasteiger partial charge in [0.25, 0.3) is 5.91 Å². The van der Waals surface area contributed by atoms with E-state index < -0.39 is 0 Å². The van der Waals surface area contributed by atoms with Gasteiger partial charge >= 0.3 is 0 Å². The van der Waals surface area contributed by atoms with E-state index in [0.717, 1.165) is 15.6 Å². The van der Waals surface area contributed by atoms with Gasteiger partial charge in [-0.15, -0.1) is 0 Å². The minimum Gasteiger partial charge on any atom is -0.489 e. The number of carbonyl (C=O) groups is 2. The SMILES string of the molecule is O=C(Cc1cccnc1)N1CCN(C(=O)c2cccc(OCc3cccc(Br)c3)c2)CC1. The van der Waals surface area contributed by atoms with Gasteiger partial charge in [-0.25, -0.2) is 0 Å². The molecule has 0 aliphatic carbocycles. The van der Waals surface area contributed by atoms with Crippen molar-refractivity contribution in [1.82, 2.24) is 14.8 Å². The number of rotatable bonds is 6. The molecule has 32 heavy (non-hydrogen) atoms. The summed E-state index contributed by atoms with van der Waals surface area (Å²) in [6.45, 7) is 2.52. The largest absolute Gasteiger partial charge is 0.489 e. The molecule has 6 nitrogen and oxygen atoms in total. The Morgan fingerprint density at radius 1 is 0.906 bits per heavy atom. The summed E-state index contributed by atoms with van der Waals surface area (Å²) < 4.78 is 6.88. The van der Waals surface area contributed by atoms with Gasteiger partial charge in [0.15, 0.2) is 0 Å². The van der Waals surface area contributed by atoms with E-state index in [4.69, 9.17) is 4.74 Å². The van der Waals surface area contributed by atoms with E-state index in [2.05, 4.69) is 20.9 Å². The number of hydrogen-bond donors (Lipinski definition) is 0. The summed E-state index contributed by atoms with van der Waals surface area (Å²) >= 11 is 3.46. The summed E-state index contributed by atoms with van der Waals surface area (Å²) in [5, 5.41) is 0. The van der Waals surface area contributed by atoms with E-state index >= 15 is 0 Å². The number of piperazine rings is 1. The number of carbonyl (C=O) groups excluding carboxylic acids is 2. The first-order valence-electron chi connectivity index (χ1n) is 10.5. The molecule has 2 aromatic carbocycles. The molecule has 7 heteroatoms. The Morgan fingerprint density at radius 2 is 1.66 bits per heavy atom. The molecule has 0 atom stereocenters. The number of halogens is 1. The molecule has 1 aliphatic heterocycles. The average Bonchev–Trinajstić information content (AvgIpc) is 2.83. The highest BCUT2D eigenvalue weighted by molar-refractivity contribution is 9.10. The number of ether oxygens (including phenoxy) is 1. The van der Waals surface area contributed by atoms with Crippen LogP contribution in [0.25, 0.3) is 0 Å². The molecule has 3 aromatic rings. The highest BCUT2D eigenvalue weighted by Crippen LogP contribution is 2.19. The fraction of sp³-hybridized carbons (Fsp3) is 0.240. The van der Waals surface area contributed by atoms with Crippen molar-refractivity contribution < 1.29 is 14.3 Å². The number of hydrogen-bond acceptors (Lipinski definition) is 4. The third-order valence-corrected chi connectivity index (χ3v) is 5.87. The monoisotopic (exact) mass is 493 g/mol. The normalized spacial score (nSPS) is 13.7. The Morgan fingerprint density at radius 3 is 2.41 bits per heavy atom. The lowest BCUT2D eigenvalue weighted by atomic mass is 10.1. The zero-order valence-electron chi connectivity index (χ0n) is 17.6. The third-order valence-electron chi connectivity index (χ3n) is 5.37. The lowest BCUT2D eigenvalue weighted by Crippen LogP contribution is -2.51. The van der Waals surface area contributed by atoms with Crippen LogP contribution < -0.4 is 4.74 Å². The fourth-order valence-electron chi connectivity index (χ4n) is 3.64. The zero-order valence-corrected chi connectivity index (χ0v) is 19.2. The van der Waals surface area contributed by atoms with Crippen molar-refractivity contribution >= 4 is 27.7 Å². The Hall–Kier alpha value is -3.19. The van der Waals surface area contributed by atoms with Gasteiger partial charge in [-0.3, -0.25) is 14.6 Å². The van der Waals surface area contributed by atoms with Crippen LogP contribution in [0.4, 0.5) is 0 Å². The second kappa shape index (κ2) is 10.4. The maximum absolute atomic E-state index is 13.0. The molecule has 0 spiro atoms. The van der Waals surface area contributed by atoms with E-state index in [1.54, 1.807) is 29.4 Å². The smallest absolute Gasteiger partial charge is 0.254 e. The number of aromatic nitrogens is 1. The summed E-state index contributed by atoms with van der Waals surface area (Å²) in [7, 11) is 0. The minimum atomic E-state index is -0.0442. The van der Waals surface area contributed by atoms with E-state index in [-0.39, 0.29) is 11.8 Å². The van der Waals surface area contributed by atoms with Crippen LogP contribution in [-0.2, 0) is 17.8 Å². The van der Waals surface area contributed by atoms with E-state index in [9.17, 15) is 9.59 Å². The molecule has 0 unspecified atom stereocenters. The van der Waals surface area contributed by atoms with Gasteiger partial charge in [0.2, 0.25) is 5.91 Å². The van der Waals surface area contributed by atoms with E-state index in [1.807, 2.05) is 53.4 Å². The summed E-state index contributed by atoms with van der Waals surface area (Å²) in [5.74, 6) is 0.673. The van der Waals surface area contributed by atoms with Gasteiger partial charge in [0, 0.05) is 48.6 Å². The third kappa shape index (κ3) is 5.73. The number of benzene rings is 2. The maximum Gasteiger partial charge on any atom is 0.254 e. The van der Waals surface area contributed by atoms with E-state index in [1.165, 1.54) is 0 Å². The molecular formula is C25H24BrN3O3. The average molecular weight is 494 g/mol. The quantitative estimate of drug-likeness (QED) is 0.521. The van der Waals surface area contributed by atoms with Crippen molar-refractivity contribution in [2.24, 2.45) is 0 Å². The van der Waals surface area contributed by atoms with Gasteiger partial charge in [0.05, 0.1) is 6.42 Å². The van der Waals surface area contributed by atoms with Crippen LogP contribution in [0.3, 0.4) is 0 Å². The molecule has 1 aromatic heterocycles. The van der Waals surface area contributed by atoms with Crippen molar-refractivity contribution in [1.29, 1.82) is 0 Å². The molecule has 164 valence electrons. The molecule has 0 radical (unpaired) electrons. The predicted molar refractivity (Wildman–Crippen MR) is 125 cm³/mol. The van der Waals surface area contributed by atoms with Crippen LogP contribution in [0.15, 0.2) is 77.5 Å². The van der Waals surface area contributed by atoms with Crippen molar-refractivity contribution in [3.63, 3.8) is 0 Å². The molecule has 4 rings (SSSR count). The summed E-state index contributed by atoms with van der Waals surface area (Å²) in [5.41, 5.74) is 2.53. The Bertz CT molecular complexity index is 1080. The second-order valence-electron chi connectivity index (χ2n) is 7.66. The van der Waals surface area contributed by atoms with Crippen LogP contribution in [0.5, 0.6) is 5.75 Å².